The van der Waals surface area contributed by atoms with Crippen LogP contribution < -0.4 is 18.9 Å². The maximum atomic E-state index is 11.4. The number of aromatic nitrogens is 1. The standard InChI is InChI=1S/C43H34N2O5S/c46-51(47,48)41-20-18-40(19-21-41)50-25-23-45-38(17-15-36-27-32-9-5-7-11-34(32)29-43(36)45)30-37-16-14-35-26-31-8-4-6-10-33(31)28-42(35)44(37)22-24-49-39-12-2-1-3-13-39/h1-21,26-30H,22-25H2. The van der Waals surface area contributed by atoms with E-state index in [-0.39, 0.29) is 4.90 Å². The van der Waals surface area contributed by atoms with Crippen LogP contribution in [-0.4, -0.2) is 32.7 Å². The quantitative estimate of drug-likeness (QED) is 0.0815. The SMILES string of the molecule is O=S(=O)([O-])c1ccc(OCCN2C(=Cc3ccc4cc5ccccc5cc4[n+]3CCOc3ccccc3)C=Cc3cc4ccccc4cc32)cc1. The van der Waals surface area contributed by atoms with Crippen LogP contribution in [-0.2, 0) is 16.7 Å². The molecule has 51 heavy (non-hydrogen) atoms. The summed E-state index contributed by atoms with van der Waals surface area (Å²) in [6.45, 7) is 1.95. The lowest BCUT2D eigenvalue weighted by atomic mass is 10.00. The smallest absolute Gasteiger partial charge is 0.213 e. The molecule has 0 radical (unpaired) electrons. The minimum atomic E-state index is -4.53. The fraction of sp³-hybridized carbons (Fsp3) is 0.0930. The molecule has 1 aliphatic rings. The molecule has 0 unspecified atom stereocenters. The van der Waals surface area contributed by atoms with Crippen LogP contribution in [0.25, 0.3) is 44.6 Å². The van der Waals surface area contributed by atoms with Gasteiger partial charge in [0, 0.05) is 35.0 Å². The Morgan fingerprint density at radius 1 is 0.627 bits per heavy atom. The molecule has 0 N–H and O–H groups in total. The fourth-order valence-electron chi connectivity index (χ4n) is 6.67. The molecule has 6 aromatic carbocycles. The number of para-hydroxylation sites is 1. The van der Waals surface area contributed by atoms with E-state index in [1.54, 1.807) is 0 Å². The molecule has 0 atom stereocenters. The van der Waals surface area contributed by atoms with Crippen LogP contribution in [0.15, 0.2) is 156 Å². The van der Waals surface area contributed by atoms with Crippen LogP contribution in [0, 0.1) is 0 Å². The molecular formula is C43H34N2O5S. The van der Waals surface area contributed by atoms with Gasteiger partial charge in [-0.05, 0) is 93.8 Å². The third-order valence-corrected chi connectivity index (χ3v) is 10.0. The molecule has 0 saturated heterocycles. The molecule has 7 aromatic rings. The third kappa shape index (κ3) is 6.92. The molecular weight excluding hydrogens is 657 g/mol. The number of rotatable bonds is 10. The summed E-state index contributed by atoms with van der Waals surface area (Å²) in [5.41, 5.74) is 5.30. The van der Waals surface area contributed by atoms with Crippen LogP contribution in [0.1, 0.15) is 11.3 Å². The average molecular weight is 691 g/mol. The zero-order chi connectivity index (χ0) is 34.8. The molecule has 0 amide bonds. The van der Waals surface area contributed by atoms with Crippen molar-refractivity contribution in [2.75, 3.05) is 24.7 Å². The van der Waals surface area contributed by atoms with Gasteiger partial charge < -0.3 is 18.9 Å². The Balaban J connectivity index is 1.18. The second-order valence-electron chi connectivity index (χ2n) is 12.4. The van der Waals surface area contributed by atoms with E-state index >= 15 is 0 Å². The highest BCUT2D eigenvalue weighted by Gasteiger charge is 2.22. The third-order valence-electron chi connectivity index (χ3n) is 9.18. The van der Waals surface area contributed by atoms with Gasteiger partial charge in [0.15, 0.2) is 6.54 Å². The summed E-state index contributed by atoms with van der Waals surface area (Å²) in [6, 6.07) is 45.4. The van der Waals surface area contributed by atoms with Crippen LogP contribution in [0.3, 0.4) is 0 Å². The van der Waals surface area contributed by atoms with Gasteiger partial charge in [-0.2, -0.15) is 4.57 Å². The summed E-state index contributed by atoms with van der Waals surface area (Å²) < 4.78 is 48.8. The second-order valence-corrected chi connectivity index (χ2v) is 13.8. The Kier molecular flexibility index (Phi) is 8.69. The highest BCUT2D eigenvalue weighted by Crippen LogP contribution is 2.35. The molecule has 0 aliphatic carbocycles. The van der Waals surface area contributed by atoms with E-state index in [4.69, 9.17) is 9.47 Å². The minimum absolute atomic E-state index is 0.284. The lowest BCUT2D eigenvalue weighted by molar-refractivity contribution is -0.673. The monoisotopic (exact) mass is 690 g/mol. The van der Waals surface area contributed by atoms with Crippen molar-refractivity contribution >= 4 is 60.4 Å². The highest BCUT2D eigenvalue weighted by atomic mass is 32.2. The molecule has 1 aliphatic heterocycles. The topological polar surface area (TPSA) is 82.8 Å². The number of nitrogens with zero attached hydrogens (tertiary/aromatic N) is 2. The number of ether oxygens (including phenoxy) is 2. The molecule has 8 rings (SSSR count). The zero-order valence-electron chi connectivity index (χ0n) is 27.7. The largest absolute Gasteiger partial charge is 0.744 e. The molecule has 0 spiro atoms. The van der Waals surface area contributed by atoms with Gasteiger partial charge >= 0.3 is 0 Å². The van der Waals surface area contributed by atoms with Gasteiger partial charge in [0.1, 0.15) is 34.8 Å². The van der Waals surface area contributed by atoms with Crippen LogP contribution in [0.5, 0.6) is 11.5 Å². The first-order chi connectivity index (χ1) is 24.9. The second kappa shape index (κ2) is 13.7. The van der Waals surface area contributed by atoms with E-state index in [0.29, 0.717) is 32.1 Å². The molecule has 0 saturated carbocycles. The zero-order valence-corrected chi connectivity index (χ0v) is 28.5. The van der Waals surface area contributed by atoms with E-state index in [1.165, 1.54) is 35.0 Å². The van der Waals surface area contributed by atoms with Crippen LogP contribution in [0.2, 0.25) is 0 Å². The molecule has 8 heteroatoms. The van der Waals surface area contributed by atoms with Gasteiger partial charge in [0.05, 0.1) is 11.4 Å². The van der Waals surface area contributed by atoms with Crippen molar-refractivity contribution in [3.63, 3.8) is 0 Å². The number of allylic oxidation sites excluding steroid dienone is 1. The molecule has 0 fully saturated rings. The van der Waals surface area contributed by atoms with E-state index in [0.717, 1.165) is 50.1 Å². The molecule has 1 aromatic heterocycles. The molecule has 7 nitrogen and oxygen atoms in total. The highest BCUT2D eigenvalue weighted by molar-refractivity contribution is 7.85. The number of hydrogen-bond donors (Lipinski definition) is 0. The number of benzene rings is 6. The van der Waals surface area contributed by atoms with Gasteiger partial charge in [-0.3, -0.25) is 0 Å². The van der Waals surface area contributed by atoms with Crippen molar-refractivity contribution in [3.05, 3.63) is 163 Å². The number of fused-ring (bicyclic) bond motifs is 4. The minimum Gasteiger partial charge on any atom is -0.744 e. The van der Waals surface area contributed by atoms with E-state index in [1.807, 2.05) is 42.5 Å². The van der Waals surface area contributed by atoms with Crippen LogP contribution >= 0.6 is 0 Å². The van der Waals surface area contributed by atoms with Crippen molar-refractivity contribution < 1.29 is 27.0 Å². The van der Waals surface area contributed by atoms with E-state index in [2.05, 4.69) is 100 Å². The van der Waals surface area contributed by atoms with Gasteiger partial charge in [-0.15, -0.1) is 0 Å². The Hall–Kier alpha value is -5.96. The van der Waals surface area contributed by atoms with Crippen LogP contribution in [0.4, 0.5) is 5.69 Å². The molecule has 2 heterocycles. The Morgan fingerprint density at radius 2 is 1.25 bits per heavy atom. The first kappa shape index (κ1) is 32.3. The maximum absolute atomic E-state index is 11.4. The predicted octanol–water partition coefficient (Wildman–Crippen LogP) is 8.37. The first-order valence-electron chi connectivity index (χ1n) is 16.8. The maximum Gasteiger partial charge on any atom is 0.213 e. The van der Waals surface area contributed by atoms with Crippen molar-refractivity contribution in [2.24, 2.45) is 0 Å². The molecule has 0 bridgehead atoms. The van der Waals surface area contributed by atoms with Gasteiger partial charge in [-0.25, -0.2) is 8.42 Å². The summed E-state index contributed by atoms with van der Waals surface area (Å²) in [5, 5.41) is 5.81. The lowest BCUT2D eigenvalue weighted by Gasteiger charge is -2.31. The van der Waals surface area contributed by atoms with Gasteiger partial charge in [-0.1, -0.05) is 72.8 Å². The van der Waals surface area contributed by atoms with Crippen molar-refractivity contribution in [1.82, 2.24) is 0 Å². The van der Waals surface area contributed by atoms with Crippen molar-refractivity contribution in [1.29, 1.82) is 0 Å². The summed E-state index contributed by atoms with van der Waals surface area (Å²) >= 11 is 0. The van der Waals surface area contributed by atoms with Crippen molar-refractivity contribution in [3.8, 4) is 11.5 Å². The summed E-state index contributed by atoms with van der Waals surface area (Å²) in [4.78, 5) is 1.97. The normalized spacial score (nSPS) is 13.6. The Bertz CT molecular complexity index is 2570. The van der Waals surface area contributed by atoms with Gasteiger partial charge in [0.2, 0.25) is 11.2 Å². The summed E-state index contributed by atoms with van der Waals surface area (Å²) in [7, 11) is -4.53. The molecule has 252 valence electrons. The average Bonchev–Trinajstić information content (AvgIpc) is 3.15. The van der Waals surface area contributed by atoms with Crippen molar-refractivity contribution in [2.45, 2.75) is 11.4 Å². The number of pyridine rings is 1. The number of hydrogen-bond acceptors (Lipinski definition) is 6. The fourth-order valence-corrected chi connectivity index (χ4v) is 7.14. The Labute approximate surface area is 296 Å². The van der Waals surface area contributed by atoms with Gasteiger partial charge in [0.25, 0.3) is 0 Å². The van der Waals surface area contributed by atoms with E-state index in [9.17, 15) is 13.0 Å². The first-order valence-corrected chi connectivity index (χ1v) is 18.2. The lowest BCUT2D eigenvalue weighted by Crippen LogP contribution is -2.41. The summed E-state index contributed by atoms with van der Waals surface area (Å²) in [6.07, 6.45) is 6.50. The van der Waals surface area contributed by atoms with E-state index < -0.39 is 10.1 Å². The number of anilines is 1. The summed E-state index contributed by atoms with van der Waals surface area (Å²) in [5.74, 6) is 1.32. The Morgan fingerprint density at radius 3 is 1.98 bits per heavy atom. The predicted molar refractivity (Wildman–Crippen MR) is 202 cm³/mol.